The number of hydrogen-bond acceptors (Lipinski definition) is 4. The van der Waals surface area contributed by atoms with Gasteiger partial charge in [0.05, 0.1) is 5.52 Å². The quantitative estimate of drug-likeness (QED) is 0.625. The number of nitrogens with two attached hydrogens (primary N) is 1. The number of pyridine rings is 1. The first-order chi connectivity index (χ1) is 8.65. The highest BCUT2D eigenvalue weighted by Crippen LogP contribution is 2.17. The number of nitrogens with zero attached hydrogens (tertiary/aromatic N) is 2. The zero-order valence-corrected chi connectivity index (χ0v) is 11.0. The molecule has 1 aromatic carbocycles. The van der Waals surface area contributed by atoms with E-state index in [1.807, 2.05) is 30.3 Å². The molecule has 0 bridgehead atoms. The Bertz CT molecular complexity index is 522. The van der Waals surface area contributed by atoms with Crippen molar-refractivity contribution >= 4 is 22.4 Å². The second-order valence-corrected chi connectivity index (χ2v) is 4.73. The number of nitrogen functional groups attached to an aromatic ring is 1. The highest BCUT2D eigenvalue weighted by molar-refractivity contribution is 5.83. The summed E-state index contributed by atoms with van der Waals surface area (Å²) in [6.07, 6.45) is 1.11. The van der Waals surface area contributed by atoms with E-state index in [-0.39, 0.29) is 0 Å². The molecule has 0 radical (unpaired) electrons. The largest absolute Gasteiger partial charge is 0.399 e. The van der Waals surface area contributed by atoms with Crippen LogP contribution in [0.3, 0.4) is 0 Å². The van der Waals surface area contributed by atoms with E-state index in [1.54, 1.807) is 0 Å². The van der Waals surface area contributed by atoms with Crippen molar-refractivity contribution in [3.8, 4) is 0 Å². The third-order valence-corrected chi connectivity index (χ3v) is 2.80. The van der Waals surface area contributed by atoms with Crippen LogP contribution in [0.25, 0.3) is 10.9 Å². The van der Waals surface area contributed by atoms with Gasteiger partial charge in [0.2, 0.25) is 0 Å². The smallest absolute Gasteiger partial charge is 0.126 e. The summed E-state index contributed by atoms with van der Waals surface area (Å²) in [5.74, 6) is 0.922. The fourth-order valence-electron chi connectivity index (χ4n) is 1.85. The average molecular weight is 244 g/mol. The van der Waals surface area contributed by atoms with E-state index in [1.165, 1.54) is 0 Å². The lowest BCUT2D eigenvalue weighted by molar-refractivity contribution is 0.405. The number of benzene rings is 1. The summed E-state index contributed by atoms with van der Waals surface area (Å²) in [4.78, 5) is 6.73. The van der Waals surface area contributed by atoms with Crippen LogP contribution >= 0.6 is 0 Å². The first-order valence-electron chi connectivity index (χ1n) is 6.20. The maximum atomic E-state index is 5.74. The number of nitrogens with one attached hydrogen (secondary N) is 1. The van der Waals surface area contributed by atoms with E-state index >= 15 is 0 Å². The van der Waals surface area contributed by atoms with E-state index in [0.717, 1.165) is 41.9 Å². The molecule has 0 unspecified atom stereocenters. The van der Waals surface area contributed by atoms with Crippen LogP contribution in [0.4, 0.5) is 11.5 Å². The van der Waals surface area contributed by atoms with E-state index in [0.29, 0.717) is 0 Å². The highest BCUT2D eigenvalue weighted by Gasteiger charge is 1.98. The second-order valence-electron chi connectivity index (χ2n) is 4.73. The number of fused-ring (bicyclic) bond motifs is 1. The van der Waals surface area contributed by atoms with Gasteiger partial charge in [0.1, 0.15) is 5.82 Å². The molecule has 3 N–H and O–H groups in total. The first kappa shape index (κ1) is 12.6. The molecule has 0 atom stereocenters. The molecule has 0 amide bonds. The molecule has 96 valence electrons. The van der Waals surface area contributed by atoms with Crippen LogP contribution in [0.2, 0.25) is 0 Å². The normalized spacial score (nSPS) is 11.1. The molecule has 4 heteroatoms. The maximum Gasteiger partial charge on any atom is 0.126 e. The topological polar surface area (TPSA) is 54.2 Å². The fraction of sp³-hybridized carbons (Fsp3) is 0.357. The molecule has 2 rings (SSSR count). The number of aromatic nitrogens is 1. The summed E-state index contributed by atoms with van der Waals surface area (Å²) in [7, 11) is 4.16. The predicted octanol–water partition coefficient (Wildman–Crippen LogP) is 2.18. The van der Waals surface area contributed by atoms with Gasteiger partial charge in [0.25, 0.3) is 0 Å². The van der Waals surface area contributed by atoms with E-state index in [2.05, 4.69) is 29.3 Å². The molecule has 0 aliphatic carbocycles. The minimum Gasteiger partial charge on any atom is -0.399 e. The van der Waals surface area contributed by atoms with Gasteiger partial charge in [-0.25, -0.2) is 4.98 Å². The molecule has 0 saturated carbocycles. The number of anilines is 2. The molecule has 0 aliphatic rings. The lowest BCUT2D eigenvalue weighted by Crippen LogP contribution is -2.16. The van der Waals surface area contributed by atoms with Gasteiger partial charge in [0, 0.05) is 17.6 Å². The Morgan fingerprint density at radius 3 is 2.83 bits per heavy atom. The van der Waals surface area contributed by atoms with Crippen LogP contribution in [0.15, 0.2) is 30.3 Å². The minimum atomic E-state index is 0.774. The third kappa shape index (κ3) is 3.34. The summed E-state index contributed by atoms with van der Waals surface area (Å²) in [5, 5.41) is 4.42. The van der Waals surface area contributed by atoms with Gasteiger partial charge < -0.3 is 16.0 Å². The van der Waals surface area contributed by atoms with Gasteiger partial charge in [-0.1, -0.05) is 0 Å². The fourth-order valence-corrected chi connectivity index (χ4v) is 1.85. The molecule has 0 fully saturated rings. The van der Waals surface area contributed by atoms with Crippen LogP contribution in [-0.2, 0) is 0 Å². The van der Waals surface area contributed by atoms with Crippen LogP contribution in [0.5, 0.6) is 0 Å². The molecule has 0 spiro atoms. The Morgan fingerprint density at radius 2 is 2.06 bits per heavy atom. The van der Waals surface area contributed by atoms with Crippen LogP contribution in [0.1, 0.15) is 6.42 Å². The van der Waals surface area contributed by atoms with E-state index < -0.39 is 0 Å². The SMILES string of the molecule is CN(C)CCCNc1ccc2cc(N)ccc2n1. The standard InChI is InChI=1S/C14H20N4/c1-18(2)9-3-8-16-14-7-4-11-10-12(15)5-6-13(11)17-14/h4-7,10H,3,8-9,15H2,1-2H3,(H,16,17). The molecule has 4 nitrogen and oxygen atoms in total. The van der Waals surface area contributed by atoms with E-state index in [9.17, 15) is 0 Å². The Hall–Kier alpha value is -1.81. The summed E-state index contributed by atoms with van der Waals surface area (Å²) < 4.78 is 0. The summed E-state index contributed by atoms with van der Waals surface area (Å²) in [6.45, 7) is 2.02. The van der Waals surface area contributed by atoms with Crippen LogP contribution in [-0.4, -0.2) is 37.1 Å². The zero-order valence-electron chi connectivity index (χ0n) is 11.0. The van der Waals surface area contributed by atoms with Gasteiger partial charge >= 0.3 is 0 Å². The lowest BCUT2D eigenvalue weighted by Gasteiger charge is -2.10. The Kier molecular flexibility index (Phi) is 3.99. The Morgan fingerprint density at radius 1 is 1.22 bits per heavy atom. The van der Waals surface area contributed by atoms with Gasteiger partial charge in [-0.3, -0.25) is 0 Å². The van der Waals surface area contributed by atoms with Gasteiger partial charge in [-0.15, -0.1) is 0 Å². The van der Waals surface area contributed by atoms with Crippen molar-refractivity contribution in [3.05, 3.63) is 30.3 Å². The highest BCUT2D eigenvalue weighted by atomic mass is 15.1. The minimum absolute atomic E-state index is 0.774. The molecular formula is C14H20N4. The van der Waals surface area contributed by atoms with Crippen LogP contribution < -0.4 is 11.1 Å². The van der Waals surface area contributed by atoms with Crippen molar-refractivity contribution in [1.82, 2.24) is 9.88 Å². The molecular weight excluding hydrogens is 224 g/mol. The molecule has 2 aromatic rings. The lowest BCUT2D eigenvalue weighted by atomic mass is 10.2. The van der Waals surface area contributed by atoms with Crippen molar-refractivity contribution in [1.29, 1.82) is 0 Å². The monoisotopic (exact) mass is 244 g/mol. The van der Waals surface area contributed by atoms with Crippen LogP contribution in [0, 0.1) is 0 Å². The Labute approximate surface area is 108 Å². The van der Waals surface area contributed by atoms with Gasteiger partial charge in [-0.2, -0.15) is 0 Å². The zero-order chi connectivity index (χ0) is 13.0. The first-order valence-corrected chi connectivity index (χ1v) is 6.20. The number of rotatable bonds is 5. The number of hydrogen-bond donors (Lipinski definition) is 2. The second kappa shape index (κ2) is 5.69. The molecule has 18 heavy (non-hydrogen) atoms. The maximum absolute atomic E-state index is 5.74. The van der Waals surface area contributed by atoms with Crippen molar-refractivity contribution in [3.63, 3.8) is 0 Å². The van der Waals surface area contributed by atoms with E-state index in [4.69, 9.17) is 5.73 Å². The van der Waals surface area contributed by atoms with Crippen molar-refractivity contribution in [2.45, 2.75) is 6.42 Å². The van der Waals surface area contributed by atoms with Crippen molar-refractivity contribution in [2.24, 2.45) is 0 Å². The van der Waals surface area contributed by atoms with Crippen molar-refractivity contribution in [2.75, 3.05) is 38.2 Å². The summed E-state index contributed by atoms with van der Waals surface area (Å²) >= 11 is 0. The average Bonchev–Trinajstić information content (AvgIpc) is 2.34. The molecule has 1 aromatic heterocycles. The molecule has 0 aliphatic heterocycles. The molecule has 1 heterocycles. The molecule has 0 saturated heterocycles. The van der Waals surface area contributed by atoms with Gasteiger partial charge in [-0.05, 0) is 57.4 Å². The van der Waals surface area contributed by atoms with Crippen molar-refractivity contribution < 1.29 is 0 Å². The summed E-state index contributed by atoms with van der Waals surface area (Å²) in [5.41, 5.74) is 7.49. The Balaban J connectivity index is 1.99. The third-order valence-electron chi connectivity index (χ3n) is 2.80. The summed E-state index contributed by atoms with van der Waals surface area (Å²) in [6, 6.07) is 9.82. The van der Waals surface area contributed by atoms with Gasteiger partial charge in [0.15, 0.2) is 0 Å². The predicted molar refractivity (Wildman–Crippen MR) is 77.8 cm³/mol.